The maximum atomic E-state index is 5.83. The van der Waals surface area contributed by atoms with E-state index in [9.17, 15) is 0 Å². The van der Waals surface area contributed by atoms with Crippen molar-refractivity contribution >= 4 is 6.08 Å². The third-order valence-electron chi connectivity index (χ3n) is 4.35. The van der Waals surface area contributed by atoms with Crippen molar-refractivity contribution in [2.45, 2.75) is 12.3 Å². The molecule has 3 heterocycles. The van der Waals surface area contributed by atoms with Crippen LogP contribution in [-0.4, -0.2) is 41.3 Å². The minimum atomic E-state index is 0.588. The van der Waals surface area contributed by atoms with Crippen LogP contribution in [0.3, 0.4) is 0 Å². The molecule has 0 saturated carbocycles. The Kier molecular flexibility index (Phi) is 3.24. The number of aromatic nitrogens is 2. The minimum Gasteiger partial charge on any atom is -0.489 e. The van der Waals surface area contributed by atoms with E-state index < -0.39 is 0 Å². The monoisotopic (exact) mass is 281 g/mol. The van der Waals surface area contributed by atoms with Gasteiger partial charge < -0.3 is 4.74 Å². The summed E-state index contributed by atoms with van der Waals surface area (Å²) in [6, 6.07) is 10.3. The summed E-state index contributed by atoms with van der Waals surface area (Å²) >= 11 is 0. The minimum absolute atomic E-state index is 0.588. The van der Waals surface area contributed by atoms with Gasteiger partial charge in [0.1, 0.15) is 12.4 Å². The number of nitrogens with zero attached hydrogens (tertiary/aromatic N) is 2. The molecule has 0 amide bonds. The SMILES string of the molecule is C1=C(CN2CC[C@@H](c3ccn[nH]3)C2)COc2ccccc21. The third kappa shape index (κ3) is 2.59. The van der Waals surface area contributed by atoms with E-state index in [2.05, 4.69) is 39.4 Å². The topological polar surface area (TPSA) is 41.2 Å². The van der Waals surface area contributed by atoms with Crippen LogP contribution in [0.25, 0.3) is 6.08 Å². The molecule has 2 aliphatic heterocycles. The van der Waals surface area contributed by atoms with E-state index in [0.29, 0.717) is 12.5 Å². The van der Waals surface area contributed by atoms with Crippen molar-refractivity contribution in [3.8, 4) is 5.75 Å². The summed E-state index contributed by atoms with van der Waals surface area (Å²) in [5.41, 5.74) is 3.82. The second kappa shape index (κ2) is 5.37. The molecular weight excluding hydrogens is 262 g/mol. The number of H-pyrrole nitrogens is 1. The summed E-state index contributed by atoms with van der Waals surface area (Å²) in [6.45, 7) is 3.95. The van der Waals surface area contributed by atoms with Gasteiger partial charge >= 0.3 is 0 Å². The van der Waals surface area contributed by atoms with Gasteiger partial charge in [-0.1, -0.05) is 18.2 Å². The van der Waals surface area contributed by atoms with Gasteiger partial charge in [0, 0.05) is 36.5 Å². The quantitative estimate of drug-likeness (QED) is 0.940. The Hall–Kier alpha value is -2.07. The first kappa shape index (κ1) is 12.7. The molecule has 0 spiro atoms. The van der Waals surface area contributed by atoms with E-state index in [1.807, 2.05) is 18.3 Å². The predicted molar refractivity (Wildman–Crippen MR) is 82.3 cm³/mol. The van der Waals surface area contributed by atoms with Crippen molar-refractivity contribution in [1.29, 1.82) is 0 Å². The summed E-state index contributed by atoms with van der Waals surface area (Å²) in [5.74, 6) is 1.59. The molecule has 4 heteroatoms. The molecule has 0 aliphatic carbocycles. The van der Waals surface area contributed by atoms with Crippen LogP contribution < -0.4 is 4.74 Å². The van der Waals surface area contributed by atoms with E-state index in [4.69, 9.17) is 4.74 Å². The van der Waals surface area contributed by atoms with Crippen LogP contribution in [0.1, 0.15) is 23.6 Å². The summed E-state index contributed by atoms with van der Waals surface area (Å²) in [7, 11) is 0. The first-order chi connectivity index (χ1) is 10.4. The summed E-state index contributed by atoms with van der Waals surface area (Å²) in [6.07, 6.45) is 5.32. The van der Waals surface area contributed by atoms with Crippen LogP contribution in [0.2, 0.25) is 0 Å². The smallest absolute Gasteiger partial charge is 0.127 e. The molecular formula is C17H19N3O. The zero-order valence-corrected chi connectivity index (χ0v) is 12.0. The largest absolute Gasteiger partial charge is 0.489 e. The van der Waals surface area contributed by atoms with Crippen LogP contribution in [-0.2, 0) is 0 Å². The number of fused-ring (bicyclic) bond motifs is 1. The fourth-order valence-corrected chi connectivity index (χ4v) is 3.27. The van der Waals surface area contributed by atoms with E-state index in [1.54, 1.807) is 0 Å². The van der Waals surface area contributed by atoms with Crippen molar-refractivity contribution in [1.82, 2.24) is 15.1 Å². The molecule has 1 fully saturated rings. The highest BCUT2D eigenvalue weighted by Crippen LogP contribution is 2.29. The molecule has 0 unspecified atom stereocenters. The molecule has 21 heavy (non-hydrogen) atoms. The number of rotatable bonds is 3. The van der Waals surface area contributed by atoms with Crippen LogP contribution >= 0.6 is 0 Å². The molecule has 2 aliphatic rings. The lowest BCUT2D eigenvalue weighted by molar-refractivity contribution is 0.308. The molecule has 1 saturated heterocycles. The molecule has 1 aromatic heterocycles. The lowest BCUT2D eigenvalue weighted by Gasteiger charge is -2.22. The number of hydrogen-bond donors (Lipinski definition) is 1. The first-order valence-electron chi connectivity index (χ1n) is 7.51. The fourth-order valence-electron chi connectivity index (χ4n) is 3.27. The molecule has 1 aromatic carbocycles. The van der Waals surface area contributed by atoms with Crippen LogP contribution in [0, 0.1) is 0 Å². The number of para-hydroxylation sites is 1. The molecule has 2 aromatic rings. The van der Waals surface area contributed by atoms with Gasteiger partial charge in [0.15, 0.2) is 0 Å². The molecule has 4 rings (SSSR count). The number of ether oxygens (including phenoxy) is 1. The molecule has 0 bridgehead atoms. The molecule has 1 N–H and O–H groups in total. The number of nitrogens with one attached hydrogen (secondary N) is 1. The Morgan fingerprint density at radius 1 is 1.29 bits per heavy atom. The van der Waals surface area contributed by atoms with E-state index in [1.165, 1.54) is 23.3 Å². The van der Waals surface area contributed by atoms with Crippen molar-refractivity contribution in [3.63, 3.8) is 0 Å². The van der Waals surface area contributed by atoms with Gasteiger partial charge in [-0.3, -0.25) is 10.00 Å². The van der Waals surface area contributed by atoms with Gasteiger partial charge in [-0.25, -0.2) is 0 Å². The van der Waals surface area contributed by atoms with Gasteiger partial charge in [-0.2, -0.15) is 5.10 Å². The maximum Gasteiger partial charge on any atom is 0.127 e. The lowest BCUT2D eigenvalue weighted by Crippen LogP contribution is -2.26. The van der Waals surface area contributed by atoms with E-state index in [-0.39, 0.29) is 0 Å². The Balaban J connectivity index is 1.43. The number of likely N-dealkylation sites (tertiary alicyclic amines) is 1. The normalized spacial score (nSPS) is 21.7. The highest BCUT2D eigenvalue weighted by molar-refractivity contribution is 5.62. The number of aromatic amines is 1. The molecule has 1 atom stereocenters. The zero-order valence-electron chi connectivity index (χ0n) is 12.0. The third-order valence-corrected chi connectivity index (χ3v) is 4.35. The highest BCUT2D eigenvalue weighted by atomic mass is 16.5. The van der Waals surface area contributed by atoms with Gasteiger partial charge in [-0.15, -0.1) is 0 Å². The predicted octanol–water partition coefficient (Wildman–Crippen LogP) is 2.68. The van der Waals surface area contributed by atoms with E-state index in [0.717, 1.165) is 25.4 Å². The average molecular weight is 281 g/mol. The van der Waals surface area contributed by atoms with E-state index >= 15 is 0 Å². The van der Waals surface area contributed by atoms with Crippen LogP contribution in [0.5, 0.6) is 5.75 Å². The van der Waals surface area contributed by atoms with Crippen LogP contribution in [0.15, 0.2) is 42.1 Å². The molecule has 108 valence electrons. The maximum absolute atomic E-state index is 5.83. The van der Waals surface area contributed by atoms with Crippen molar-refractivity contribution < 1.29 is 4.74 Å². The molecule has 0 radical (unpaired) electrons. The van der Waals surface area contributed by atoms with Gasteiger partial charge in [0.05, 0.1) is 0 Å². The Morgan fingerprint density at radius 2 is 2.24 bits per heavy atom. The number of hydrogen-bond acceptors (Lipinski definition) is 3. The Morgan fingerprint density at radius 3 is 3.14 bits per heavy atom. The van der Waals surface area contributed by atoms with Gasteiger partial charge in [0.25, 0.3) is 0 Å². The summed E-state index contributed by atoms with van der Waals surface area (Å²) in [4.78, 5) is 2.51. The lowest BCUT2D eigenvalue weighted by atomic mass is 10.1. The highest BCUT2D eigenvalue weighted by Gasteiger charge is 2.25. The van der Waals surface area contributed by atoms with Crippen molar-refractivity contribution in [3.05, 3.63) is 53.4 Å². The second-order valence-corrected chi connectivity index (χ2v) is 5.86. The standard InChI is InChI=1S/C17H19N3O/c1-2-4-17-14(3-1)9-13(12-21-17)10-20-8-6-15(11-20)16-5-7-18-19-16/h1-5,7,9,15H,6,8,10-12H2,(H,18,19)/t15-/m1/s1. The number of benzene rings is 1. The first-order valence-corrected chi connectivity index (χ1v) is 7.51. The Bertz CT molecular complexity index is 648. The molecule has 4 nitrogen and oxygen atoms in total. The summed E-state index contributed by atoms with van der Waals surface area (Å²) in [5, 5.41) is 7.16. The Labute approximate surface area is 124 Å². The average Bonchev–Trinajstić information content (AvgIpc) is 3.18. The zero-order chi connectivity index (χ0) is 14.1. The summed E-state index contributed by atoms with van der Waals surface area (Å²) < 4.78 is 5.83. The van der Waals surface area contributed by atoms with Crippen LogP contribution in [0.4, 0.5) is 0 Å². The van der Waals surface area contributed by atoms with Gasteiger partial charge in [-0.05, 0) is 36.7 Å². The van der Waals surface area contributed by atoms with Crippen molar-refractivity contribution in [2.24, 2.45) is 0 Å². The van der Waals surface area contributed by atoms with Gasteiger partial charge in [0.2, 0.25) is 0 Å². The second-order valence-electron chi connectivity index (χ2n) is 5.86. The van der Waals surface area contributed by atoms with Crippen molar-refractivity contribution in [2.75, 3.05) is 26.2 Å². The fraction of sp³-hybridized carbons (Fsp3) is 0.353.